The molecule has 1 aromatic carbocycles. The average Bonchev–Trinajstić information content (AvgIpc) is 2.71. The molecule has 1 aromatic rings. The second kappa shape index (κ2) is 4.85. The van der Waals surface area contributed by atoms with Gasteiger partial charge in [0.15, 0.2) is 0 Å². The lowest BCUT2D eigenvalue weighted by molar-refractivity contribution is 0.315. The third-order valence-corrected chi connectivity index (χ3v) is 3.45. The van der Waals surface area contributed by atoms with E-state index in [1.54, 1.807) is 6.07 Å². The minimum atomic E-state index is 0.424. The topological polar surface area (TPSA) is 35.5 Å². The van der Waals surface area contributed by atoms with E-state index in [1.807, 2.05) is 13.1 Å². The first-order chi connectivity index (χ1) is 7.70. The molecule has 0 bridgehead atoms. The van der Waals surface area contributed by atoms with Gasteiger partial charge in [-0.3, -0.25) is 4.90 Å². The van der Waals surface area contributed by atoms with Crippen LogP contribution in [0.3, 0.4) is 0 Å². The summed E-state index contributed by atoms with van der Waals surface area (Å²) in [7, 11) is 2.01. The van der Waals surface area contributed by atoms with Gasteiger partial charge in [-0.25, -0.2) is 0 Å². The molecule has 0 aromatic heterocycles. The SMILES string of the molecule is CNC1CCN(Cc2c(C)cccc2O)C1. The molecular weight excluding hydrogens is 200 g/mol. The van der Waals surface area contributed by atoms with E-state index in [0.717, 1.165) is 25.2 Å². The predicted molar refractivity (Wildman–Crippen MR) is 65.6 cm³/mol. The van der Waals surface area contributed by atoms with Gasteiger partial charge < -0.3 is 10.4 Å². The maximum Gasteiger partial charge on any atom is 0.120 e. The molecule has 0 amide bonds. The Balaban J connectivity index is 2.04. The maximum absolute atomic E-state index is 9.83. The van der Waals surface area contributed by atoms with Crippen LogP contribution in [0.15, 0.2) is 18.2 Å². The zero-order valence-corrected chi connectivity index (χ0v) is 10.0. The van der Waals surface area contributed by atoms with Gasteiger partial charge in [-0.2, -0.15) is 0 Å². The van der Waals surface area contributed by atoms with E-state index in [4.69, 9.17) is 0 Å². The Hall–Kier alpha value is -1.06. The van der Waals surface area contributed by atoms with Crippen LogP contribution >= 0.6 is 0 Å². The minimum Gasteiger partial charge on any atom is -0.508 e. The zero-order valence-electron chi connectivity index (χ0n) is 10.0. The van der Waals surface area contributed by atoms with Crippen LogP contribution in [0.2, 0.25) is 0 Å². The highest BCUT2D eigenvalue weighted by atomic mass is 16.3. The molecule has 1 heterocycles. The Bertz CT molecular complexity index is 345. The van der Waals surface area contributed by atoms with Gasteiger partial charge in [-0.15, -0.1) is 0 Å². The second-order valence-electron chi connectivity index (χ2n) is 4.58. The summed E-state index contributed by atoms with van der Waals surface area (Å²) in [6.07, 6.45) is 1.20. The summed E-state index contributed by atoms with van der Waals surface area (Å²) in [4.78, 5) is 2.39. The molecule has 0 radical (unpaired) electrons. The van der Waals surface area contributed by atoms with Gasteiger partial charge in [0.25, 0.3) is 0 Å². The third-order valence-electron chi connectivity index (χ3n) is 3.45. The summed E-state index contributed by atoms with van der Waals surface area (Å²) in [6, 6.07) is 6.33. The Morgan fingerprint density at radius 2 is 2.31 bits per heavy atom. The van der Waals surface area contributed by atoms with Crippen molar-refractivity contribution < 1.29 is 5.11 Å². The summed E-state index contributed by atoms with van der Waals surface area (Å²) in [5.41, 5.74) is 2.24. The summed E-state index contributed by atoms with van der Waals surface area (Å²) < 4.78 is 0. The lowest BCUT2D eigenvalue weighted by atomic mass is 10.1. The Labute approximate surface area is 97.1 Å². The molecular formula is C13H20N2O. The molecule has 88 valence electrons. The number of likely N-dealkylation sites (N-methyl/N-ethyl adjacent to an activating group) is 1. The van der Waals surface area contributed by atoms with Gasteiger partial charge in [0.1, 0.15) is 5.75 Å². The molecule has 2 N–H and O–H groups in total. The van der Waals surface area contributed by atoms with Crippen molar-refractivity contribution >= 4 is 0 Å². The molecule has 1 saturated heterocycles. The molecule has 1 atom stereocenters. The van der Waals surface area contributed by atoms with E-state index in [1.165, 1.54) is 12.0 Å². The summed E-state index contributed by atoms with van der Waals surface area (Å²) >= 11 is 0. The molecule has 3 nitrogen and oxygen atoms in total. The van der Waals surface area contributed by atoms with Crippen molar-refractivity contribution in [1.29, 1.82) is 0 Å². The molecule has 1 unspecified atom stereocenters. The lowest BCUT2D eigenvalue weighted by Crippen LogP contribution is -2.29. The minimum absolute atomic E-state index is 0.424. The van der Waals surface area contributed by atoms with E-state index in [0.29, 0.717) is 11.8 Å². The second-order valence-corrected chi connectivity index (χ2v) is 4.58. The molecule has 0 spiro atoms. The smallest absolute Gasteiger partial charge is 0.120 e. The van der Waals surface area contributed by atoms with Crippen LogP contribution in [0.5, 0.6) is 5.75 Å². The molecule has 1 fully saturated rings. The first-order valence-corrected chi connectivity index (χ1v) is 5.88. The summed E-state index contributed by atoms with van der Waals surface area (Å²) in [5, 5.41) is 13.1. The number of nitrogens with one attached hydrogen (secondary N) is 1. The summed E-state index contributed by atoms with van der Waals surface area (Å²) in [5.74, 6) is 0.424. The van der Waals surface area contributed by atoms with Crippen molar-refractivity contribution in [1.82, 2.24) is 10.2 Å². The number of hydrogen-bond acceptors (Lipinski definition) is 3. The zero-order chi connectivity index (χ0) is 11.5. The molecule has 0 aliphatic carbocycles. The molecule has 1 aliphatic heterocycles. The fraction of sp³-hybridized carbons (Fsp3) is 0.538. The maximum atomic E-state index is 9.83. The first kappa shape index (κ1) is 11.4. The van der Waals surface area contributed by atoms with Gasteiger partial charge in [-0.1, -0.05) is 12.1 Å². The first-order valence-electron chi connectivity index (χ1n) is 5.88. The van der Waals surface area contributed by atoms with Crippen LogP contribution in [0.4, 0.5) is 0 Å². The quantitative estimate of drug-likeness (QED) is 0.810. The third kappa shape index (κ3) is 2.36. The van der Waals surface area contributed by atoms with Crippen molar-refractivity contribution in [3.05, 3.63) is 29.3 Å². The fourth-order valence-electron chi connectivity index (χ4n) is 2.33. The number of likely N-dealkylation sites (tertiary alicyclic amines) is 1. The molecule has 2 rings (SSSR count). The standard InChI is InChI=1S/C13H20N2O/c1-10-4-3-5-13(16)12(10)9-15-7-6-11(8-15)14-2/h3-5,11,14,16H,6-9H2,1-2H3. The van der Waals surface area contributed by atoms with Crippen molar-refractivity contribution in [2.24, 2.45) is 0 Å². The van der Waals surface area contributed by atoms with Crippen molar-refractivity contribution in [2.75, 3.05) is 20.1 Å². The molecule has 0 saturated carbocycles. The Morgan fingerprint density at radius 3 is 2.94 bits per heavy atom. The van der Waals surface area contributed by atoms with E-state index in [-0.39, 0.29) is 0 Å². The number of nitrogens with zero attached hydrogens (tertiary/aromatic N) is 1. The van der Waals surface area contributed by atoms with E-state index < -0.39 is 0 Å². The highest BCUT2D eigenvalue weighted by molar-refractivity contribution is 5.38. The number of aryl methyl sites for hydroxylation is 1. The van der Waals surface area contributed by atoms with Crippen molar-refractivity contribution in [3.63, 3.8) is 0 Å². The van der Waals surface area contributed by atoms with Crippen molar-refractivity contribution in [2.45, 2.75) is 25.9 Å². The average molecular weight is 220 g/mol. The molecule has 16 heavy (non-hydrogen) atoms. The largest absolute Gasteiger partial charge is 0.508 e. The fourth-order valence-corrected chi connectivity index (χ4v) is 2.33. The number of hydrogen-bond donors (Lipinski definition) is 2. The highest BCUT2D eigenvalue weighted by Gasteiger charge is 2.21. The van der Waals surface area contributed by atoms with Crippen LogP contribution in [0, 0.1) is 6.92 Å². The number of aromatic hydroxyl groups is 1. The number of phenolic OH excluding ortho intramolecular Hbond substituents is 1. The monoisotopic (exact) mass is 220 g/mol. The Kier molecular flexibility index (Phi) is 3.46. The van der Waals surface area contributed by atoms with Crippen LogP contribution in [-0.2, 0) is 6.54 Å². The van der Waals surface area contributed by atoms with Gasteiger partial charge in [-0.05, 0) is 32.0 Å². The highest BCUT2D eigenvalue weighted by Crippen LogP contribution is 2.23. The number of rotatable bonds is 3. The predicted octanol–water partition coefficient (Wildman–Crippen LogP) is 1.49. The van der Waals surface area contributed by atoms with Gasteiger partial charge in [0, 0.05) is 31.2 Å². The normalized spacial score (nSPS) is 21.5. The van der Waals surface area contributed by atoms with Crippen molar-refractivity contribution in [3.8, 4) is 5.75 Å². The van der Waals surface area contributed by atoms with E-state index >= 15 is 0 Å². The Morgan fingerprint density at radius 1 is 1.50 bits per heavy atom. The van der Waals surface area contributed by atoms with E-state index in [9.17, 15) is 5.11 Å². The summed E-state index contributed by atoms with van der Waals surface area (Å²) in [6.45, 7) is 5.10. The molecule has 1 aliphatic rings. The van der Waals surface area contributed by atoms with Crippen LogP contribution in [0.25, 0.3) is 0 Å². The van der Waals surface area contributed by atoms with Gasteiger partial charge in [0.05, 0.1) is 0 Å². The van der Waals surface area contributed by atoms with Gasteiger partial charge >= 0.3 is 0 Å². The van der Waals surface area contributed by atoms with Gasteiger partial charge in [0.2, 0.25) is 0 Å². The van der Waals surface area contributed by atoms with Crippen LogP contribution < -0.4 is 5.32 Å². The van der Waals surface area contributed by atoms with Crippen LogP contribution in [0.1, 0.15) is 17.5 Å². The van der Waals surface area contributed by atoms with Crippen LogP contribution in [-0.4, -0.2) is 36.2 Å². The number of phenols is 1. The molecule has 3 heteroatoms. The van der Waals surface area contributed by atoms with E-state index in [2.05, 4.69) is 23.2 Å². The number of benzene rings is 1. The lowest BCUT2D eigenvalue weighted by Gasteiger charge is -2.18.